The molecule has 110 valence electrons. The minimum Gasteiger partial charge on any atom is -0.508 e. The summed E-state index contributed by atoms with van der Waals surface area (Å²) < 4.78 is 0. The molecule has 0 amide bonds. The monoisotopic (exact) mass is 281 g/mol. The first-order valence-electron chi connectivity index (χ1n) is 7.81. The van der Waals surface area contributed by atoms with Crippen LogP contribution in [0, 0.1) is 0 Å². The molecule has 1 N–H and O–H groups in total. The van der Waals surface area contributed by atoms with Crippen LogP contribution in [0.2, 0.25) is 0 Å². The predicted molar refractivity (Wildman–Crippen MR) is 86.4 cm³/mol. The lowest BCUT2D eigenvalue weighted by atomic mass is 10.0. The van der Waals surface area contributed by atoms with Gasteiger partial charge in [0.2, 0.25) is 0 Å². The number of hydrogen-bond donors (Lipinski definition) is 1. The van der Waals surface area contributed by atoms with E-state index < -0.39 is 0 Å². The molecular weight excluding hydrogens is 258 g/mol. The molecule has 1 unspecified atom stereocenters. The van der Waals surface area contributed by atoms with E-state index >= 15 is 0 Å². The molecule has 3 rings (SSSR count). The van der Waals surface area contributed by atoms with Gasteiger partial charge < -0.3 is 5.11 Å². The maximum atomic E-state index is 9.38. The fourth-order valence-electron chi connectivity index (χ4n) is 3.20. The molecule has 2 heteroatoms. The van der Waals surface area contributed by atoms with Crippen LogP contribution in [0.25, 0.3) is 0 Å². The number of aryl methyl sites for hydroxylation is 1. The highest BCUT2D eigenvalue weighted by Gasteiger charge is 2.18. The minimum atomic E-state index is 0.343. The van der Waals surface area contributed by atoms with Gasteiger partial charge in [0, 0.05) is 12.6 Å². The van der Waals surface area contributed by atoms with E-state index in [4.69, 9.17) is 0 Å². The van der Waals surface area contributed by atoms with E-state index in [1.807, 2.05) is 12.1 Å². The first kappa shape index (κ1) is 14.2. The topological polar surface area (TPSA) is 23.5 Å². The Labute approximate surface area is 127 Å². The summed E-state index contributed by atoms with van der Waals surface area (Å²) in [6, 6.07) is 16.9. The molecule has 0 aromatic heterocycles. The molecule has 0 fully saturated rings. The Morgan fingerprint density at radius 1 is 1.05 bits per heavy atom. The van der Waals surface area contributed by atoms with Gasteiger partial charge in [-0.3, -0.25) is 4.90 Å². The second-order valence-electron chi connectivity index (χ2n) is 6.06. The van der Waals surface area contributed by atoms with Crippen LogP contribution in [0.5, 0.6) is 5.75 Å². The average molecular weight is 281 g/mol. The quantitative estimate of drug-likeness (QED) is 0.925. The van der Waals surface area contributed by atoms with Crippen LogP contribution >= 0.6 is 0 Å². The molecular formula is C19H23NO. The number of phenolic OH excluding ortho intramolecular Hbond substituents is 1. The molecule has 2 aromatic carbocycles. The van der Waals surface area contributed by atoms with Crippen molar-refractivity contribution < 1.29 is 5.11 Å². The number of aromatic hydroxyl groups is 1. The second kappa shape index (κ2) is 6.31. The van der Waals surface area contributed by atoms with Gasteiger partial charge in [-0.05, 0) is 61.6 Å². The van der Waals surface area contributed by atoms with Gasteiger partial charge >= 0.3 is 0 Å². The highest BCUT2D eigenvalue weighted by molar-refractivity contribution is 5.29. The van der Waals surface area contributed by atoms with Crippen molar-refractivity contribution in [2.24, 2.45) is 0 Å². The van der Waals surface area contributed by atoms with Crippen LogP contribution in [-0.4, -0.2) is 22.6 Å². The van der Waals surface area contributed by atoms with Gasteiger partial charge in [-0.15, -0.1) is 0 Å². The normalized spacial score (nSPS) is 17.0. The van der Waals surface area contributed by atoms with Crippen LogP contribution in [0.4, 0.5) is 0 Å². The first-order valence-corrected chi connectivity index (χ1v) is 7.81. The van der Waals surface area contributed by atoms with Crippen LogP contribution in [0.1, 0.15) is 30.0 Å². The summed E-state index contributed by atoms with van der Waals surface area (Å²) in [5.41, 5.74) is 4.28. The smallest absolute Gasteiger partial charge is 0.115 e. The van der Waals surface area contributed by atoms with Crippen molar-refractivity contribution in [3.8, 4) is 5.75 Å². The third kappa shape index (κ3) is 3.45. The summed E-state index contributed by atoms with van der Waals surface area (Å²) in [4.78, 5) is 2.58. The van der Waals surface area contributed by atoms with E-state index in [-0.39, 0.29) is 0 Å². The third-order valence-corrected chi connectivity index (χ3v) is 4.47. The van der Waals surface area contributed by atoms with Crippen LogP contribution in [0.15, 0.2) is 48.5 Å². The molecule has 0 bridgehead atoms. The Kier molecular flexibility index (Phi) is 4.26. The molecule has 0 radical (unpaired) electrons. The fraction of sp³-hybridized carbons (Fsp3) is 0.368. The molecule has 0 spiro atoms. The summed E-state index contributed by atoms with van der Waals surface area (Å²) in [6.07, 6.45) is 3.46. The minimum absolute atomic E-state index is 0.343. The average Bonchev–Trinajstić information content (AvgIpc) is 2.72. The van der Waals surface area contributed by atoms with E-state index in [9.17, 15) is 5.11 Å². The first-order chi connectivity index (χ1) is 10.2. The van der Waals surface area contributed by atoms with Crippen molar-refractivity contribution in [2.45, 2.75) is 38.8 Å². The maximum Gasteiger partial charge on any atom is 0.115 e. The van der Waals surface area contributed by atoms with E-state index in [1.54, 1.807) is 12.1 Å². The van der Waals surface area contributed by atoms with Crippen LogP contribution < -0.4 is 0 Å². The lowest BCUT2D eigenvalue weighted by molar-refractivity contribution is 0.202. The largest absolute Gasteiger partial charge is 0.508 e. The Balaban J connectivity index is 1.70. The molecule has 21 heavy (non-hydrogen) atoms. The van der Waals surface area contributed by atoms with Crippen molar-refractivity contribution in [3.05, 3.63) is 65.2 Å². The Bertz CT molecular complexity index is 591. The summed E-state index contributed by atoms with van der Waals surface area (Å²) in [5, 5.41) is 9.38. The Morgan fingerprint density at radius 2 is 1.76 bits per heavy atom. The molecule has 2 aromatic rings. The summed E-state index contributed by atoms with van der Waals surface area (Å²) in [6.45, 7) is 4.52. The van der Waals surface area contributed by atoms with Crippen molar-refractivity contribution in [2.75, 3.05) is 6.54 Å². The number of fused-ring (bicyclic) bond motifs is 1. The van der Waals surface area contributed by atoms with Crippen molar-refractivity contribution in [3.63, 3.8) is 0 Å². The Hall–Kier alpha value is -1.80. The molecule has 2 nitrogen and oxygen atoms in total. The maximum absolute atomic E-state index is 9.38. The molecule has 1 atom stereocenters. The van der Waals surface area contributed by atoms with Crippen LogP contribution in [0.3, 0.4) is 0 Å². The molecule has 0 aliphatic carbocycles. The predicted octanol–water partition coefficient (Wildman–Crippen LogP) is 3.77. The second-order valence-corrected chi connectivity index (χ2v) is 6.06. The van der Waals surface area contributed by atoms with Crippen LogP contribution in [-0.2, 0) is 19.4 Å². The highest BCUT2D eigenvalue weighted by Crippen LogP contribution is 2.21. The highest BCUT2D eigenvalue weighted by atomic mass is 16.3. The molecule has 1 aliphatic heterocycles. The van der Waals surface area contributed by atoms with Gasteiger partial charge in [0.1, 0.15) is 5.75 Å². The molecule has 0 saturated heterocycles. The van der Waals surface area contributed by atoms with Gasteiger partial charge in [0.25, 0.3) is 0 Å². The van der Waals surface area contributed by atoms with Crippen molar-refractivity contribution >= 4 is 0 Å². The SMILES string of the molecule is CC(Cc1ccc(O)cc1)N1CCCc2ccccc2C1. The van der Waals surface area contributed by atoms with E-state index in [2.05, 4.69) is 36.1 Å². The van der Waals surface area contributed by atoms with E-state index in [0.29, 0.717) is 11.8 Å². The van der Waals surface area contributed by atoms with Crippen molar-refractivity contribution in [1.82, 2.24) is 4.90 Å². The van der Waals surface area contributed by atoms with Crippen molar-refractivity contribution in [1.29, 1.82) is 0 Å². The summed E-state index contributed by atoms with van der Waals surface area (Å²) in [5.74, 6) is 0.343. The summed E-state index contributed by atoms with van der Waals surface area (Å²) >= 11 is 0. The van der Waals surface area contributed by atoms with Gasteiger partial charge in [0.15, 0.2) is 0 Å². The van der Waals surface area contributed by atoms with Gasteiger partial charge in [-0.25, -0.2) is 0 Å². The zero-order valence-corrected chi connectivity index (χ0v) is 12.6. The number of phenols is 1. The van der Waals surface area contributed by atoms with Gasteiger partial charge in [0.05, 0.1) is 0 Å². The zero-order valence-electron chi connectivity index (χ0n) is 12.6. The fourth-order valence-corrected chi connectivity index (χ4v) is 3.20. The number of benzene rings is 2. The number of rotatable bonds is 3. The zero-order chi connectivity index (χ0) is 14.7. The van der Waals surface area contributed by atoms with Gasteiger partial charge in [-0.1, -0.05) is 36.4 Å². The molecule has 1 aliphatic rings. The third-order valence-electron chi connectivity index (χ3n) is 4.47. The number of hydrogen-bond acceptors (Lipinski definition) is 2. The van der Waals surface area contributed by atoms with E-state index in [1.165, 1.54) is 29.5 Å². The standard InChI is InChI=1S/C19H23NO/c1-15(13-16-8-10-19(21)11-9-16)20-12-4-7-17-5-2-3-6-18(17)14-20/h2-3,5-6,8-11,15,21H,4,7,12-14H2,1H3. The van der Waals surface area contributed by atoms with Gasteiger partial charge in [-0.2, -0.15) is 0 Å². The lowest BCUT2D eigenvalue weighted by Gasteiger charge is -2.28. The molecule has 1 heterocycles. The summed E-state index contributed by atoms with van der Waals surface area (Å²) in [7, 11) is 0. The molecule has 0 saturated carbocycles. The van der Waals surface area contributed by atoms with E-state index in [0.717, 1.165) is 19.5 Å². The number of nitrogens with zero attached hydrogens (tertiary/aromatic N) is 1. The lowest BCUT2D eigenvalue weighted by Crippen LogP contribution is -2.34. The Morgan fingerprint density at radius 3 is 2.52 bits per heavy atom.